The summed E-state index contributed by atoms with van der Waals surface area (Å²) in [6.45, 7) is 2.44. The van der Waals surface area contributed by atoms with Crippen LogP contribution in [-0.4, -0.2) is 47.4 Å². The van der Waals surface area contributed by atoms with E-state index in [-0.39, 0.29) is 5.38 Å². The third-order valence-electron chi connectivity index (χ3n) is 4.75. The van der Waals surface area contributed by atoms with Crippen molar-refractivity contribution in [2.45, 2.75) is 56.0 Å². The Morgan fingerprint density at radius 2 is 1.88 bits per heavy atom. The van der Waals surface area contributed by atoms with Crippen LogP contribution in [0.2, 0.25) is 0 Å². The zero-order valence-electron chi connectivity index (χ0n) is 10.7. The topological polar surface area (TPSA) is 6.48 Å². The number of halogens is 1. The molecule has 0 aromatic rings. The Labute approximate surface area is 110 Å². The molecule has 2 bridgehead atoms. The Hall–Kier alpha value is -0.210. The van der Waals surface area contributed by atoms with Crippen LogP contribution in [0, 0.1) is 0 Å². The Bertz CT molecular complexity index is 309. The highest BCUT2D eigenvalue weighted by Gasteiger charge is 2.39. The van der Waals surface area contributed by atoms with E-state index in [1.807, 2.05) is 0 Å². The van der Waals surface area contributed by atoms with Gasteiger partial charge in [0.1, 0.15) is 0 Å². The molecule has 3 aliphatic heterocycles. The lowest BCUT2D eigenvalue weighted by molar-refractivity contribution is 0.115. The van der Waals surface area contributed by atoms with Crippen LogP contribution in [0.25, 0.3) is 0 Å². The second-order valence-corrected chi connectivity index (χ2v) is 6.24. The van der Waals surface area contributed by atoms with Gasteiger partial charge in [-0.05, 0) is 51.6 Å². The monoisotopic (exact) mass is 254 g/mol. The van der Waals surface area contributed by atoms with Crippen LogP contribution >= 0.6 is 11.6 Å². The van der Waals surface area contributed by atoms with E-state index in [4.69, 9.17) is 11.6 Å². The smallest absolute Gasteiger partial charge is 0.0886 e. The molecule has 0 spiro atoms. The molecule has 0 aromatic carbocycles. The van der Waals surface area contributed by atoms with Crippen molar-refractivity contribution in [1.82, 2.24) is 9.80 Å². The molecule has 0 unspecified atom stereocenters. The molecule has 3 aliphatic rings. The molecule has 17 heavy (non-hydrogen) atoms. The minimum atomic E-state index is 0.217. The average Bonchev–Trinajstić information content (AvgIpc) is 2.35. The largest absolute Gasteiger partial charge is 0.374 e. The fraction of sp³-hybridized carbons (Fsp3) is 0.857. The van der Waals surface area contributed by atoms with E-state index in [2.05, 4.69) is 22.9 Å². The summed E-state index contributed by atoms with van der Waals surface area (Å²) in [6, 6.07) is 1.21. The lowest BCUT2D eigenvalue weighted by Crippen LogP contribution is -2.54. The summed E-state index contributed by atoms with van der Waals surface area (Å²) in [5, 5.41) is 0.217. The number of rotatable bonds is 1. The number of likely N-dealkylation sites (tertiary alicyclic amines) is 1. The Morgan fingerprint density at radius 3 is 2.65 bits per heavy atom. The number of likely N-dealkylation sites (N-methyl/N-ethyl adjacent to an activating group) is 1. The molecule has 0 saturated carbocycles. The first-order valence-corrected chi connectivity index (χ1v) is 7.53. The number of piperidine rings is 2. The third kappa shape index (κ3) is 2.10. The maximum atomic E-state index is 6.72. The van der Waals surface area contributed by atoms with Crippen LogP contribution in [0.15, 0.2) is 11.8 Å². The molecule has 3 heteroatoms. The standard InChI is InChI=1S/C14H23ClN2/c1-16-11-6-5-7-12(16)14(15)13(10-11)17-8-3-2-4-9-17/h10-12,14H,2-9H2,1H3/t11-,12+,14+/m0/s1. The van der Waals surface area contributed by atoms with Crippen molar-refractivity contribution in [3.63, 3.8) is 0 Å². The van der Waals surface area contributed by atoms with Crippen molar-refractivity contribution in [3.8, 4) is 0 Å². The zero-order chi connectivity index (χ0) is 11.8. The van der Waals surface area contributed by atoms with Gasteiger partial charge in [0.25, 0.3) is 0 Å². The van der Waals surface area contributed by atoms with E-state index < -0.39 is 0 Å². The highest BCUT2D eigenvalue weighted by molar-refractivity contribution is 6.23. The van der Waals surface area contributed by atoms with E-state index in [0.717, 1.165) is 0 Å². The molecule has 0 aromatic heterocycles. The predicted molar refractivity (Wildman–Crippen MR) is 72.3 cm³/mol. The zero-order valence-corrected chi connectivity index (χ0v) is 11.5. The molecule has 2 nitrogen and oxygen atoms in total. The van der Waals surface area contributed by atoms with E-state index in [1.165, 1.54) is 57.3 Å². The Morgan fingerprint density at radius 1 is 1.12 bits per heavy atom. The molecule has 2 fully saturated rings. The summed E-state index contributed by atoms with van der Waals surface area (Å²) in [5.41, 5.74) is 1.44. The summed E-state index contributed by atoms with van der Waals surface area (Å²) < 4.78 is 0. The van der Waals surface area contributed by atoms with Crippen LogP contribution < -0.4 is 0 Å². The molecule has 2 saturated heterocycles. The molecule has 0 radical (unpaired) electrons. The lowest BCUT2D eigenvalue weighted by Gasteiger charge is -2.48. The molecular weight excluding hydrogens is 232 g/mol. The van der Waals surface area contributed by atoms with Crippen LogP contribution in [-0.2, 0) is 0 Å². The number of hydrogen-bond acceptors (Lipinski definition) is 2. The third-order valence-corrected chi connectivity index (χ3v) is 5.27. The molecule has 3 rings (SSSR count). The Kier molecular flexibility index (Phi) is 3.36. The van der Waals surface area contributed by atoms with Gasteiger partial charge in [-0.3, -0.25) is 4.90 Å². The van der Waals surface area contributed by atoms with Crippen molar-refractivity contribution in [3.05, 3.63) is 11.8 Å². The molecule has 0 N–H and O–H groups in total. The van der Waals surface area contributed by atoms with Gasteiger partial charge in [-0.1, -0.05) is 0 Å². The highest BCUT2D eigenvalue weighted by atomic mass is 35.5. The SMILES string of the molecule is CN1[C@@H]2C=C(N3CCCCC3)[C@H](Cl)[C@H]1CCC2. The van der Waals surface area contributed by atoms with Crippen LogP contribution in [0.4, 0.5) is 0 Å². The summed E-state index contributed by atoms with van der Waals surface area (Å²) in [7, 11) is 2.24. The lowest BCUT2D eigenvalue weighted by atomic mass is 9.87. The van der Waals surface area contributed by atoms with Crippen LogP contribution in [0.1, 0.15) is 38.5 Å². The summed E-state index contributed by atoms with van der Waals surface area (Å²) in [6.07, 6.45) is 10.5. The second kappa shape index (κ2) is 4.81. The van der Waals surface area contributed by atoms with Crippen molar-refractivity contribution < 1.29 is 0 Å². The first-order chi connectivity index (χ1) is 8.27. The van der Waals surface area contributed by atoms with E-state index >= 15 is 0 Å². The van der Waals surface area contributed by atoms with Gasteiger partial charge in [-0.25, -0.2) is 0 Å². The minimum absolute atomic E-state index is 0.217. The predicted octanol–water partition coefficient (Wildman–Crippen LogP) is 2.83. The molecular formula is C14H23ClN2. The van der Waals surface area contributed by atoms with Crippen molar-refractivity contribution >= 4 is 11.6 Å². The second-order valence-electron chi connectivity index (χ2n) is 5.77. The first kappa shape index (κ1) is 11.9. The van der Waals surface area contributed by atoms with Gasteiger partial charge in [0, 0.05) is 30.9 Å². The van der Waals surface area contributed by atoms with Gasteiger partial charge in [-0.15, -0.1) is 11.6 Å². The number of fused-ring (bicyclic) bond motifs is 2. The molecule has 3 heterocycles. The maximum absolute atomic E-state index is 6.72. The van der Waals surface area contributed by atoms with Crippen molar-refractivity contribution in [1.29, 1.82) is 0 Å². The van der Waals surface area contributed by atoms with Gasteiger partial charge >= 0.3 is 0 Å². The Balaban J connectivity index is 1.83. The van der Waals surface area contributed by atoms with Gasteiger partial charge in [0.2, 0.25) is 0 Å². The van der Waals surface area contributed by atoms with Gasteiger partial charge in [-0.2, -0.15) is 0 Å². The molecule has 0 aliphatic carbocycles. The first-order valence-electron chi connectivity index (χ1n) is 7.10. The normalized spacial score (nSPS) is 39.1. The highest BCUT2D eigenvalue weighted by Crippen LogP contribution is 2.36. The number of alkyl halides is 1. The molecule has 0 amide bonds. The van der Waals surface area contributed by atoms with E-state index in [0.29, 0.717) is 12.1 Å². The van der Waals surface area contributed by atoms with E-state index in [9.17, 15) is 0 Å². The summed E-state index contributed by atoms with van der Waals surface area (Å²) in [4.78, 5) is 5.05. The number of nitrogens with zero attached hydrogens (tertiary/aromatic N) is 2. The maximum Gasteiger partial charge on any atom is 0.0886 e. The van der Waals surface area contributed by atoms with Crippen LogP contribution in [0.3, 0.4) is 0 Å². The molecule has 96 valence electrons. The minimum Gasteiger partial charge on any atom is -0.374 e. The molecule has 3 atom stereocenters. The fourth-order valence-corrected chi connectivity index (χ4v) is 4.18. The summed E-state index contributed by atoms with van der Waals surface area (Å²) in [5.74, 6) is 0. The number of hydrogen-bond donors (Lipinski definition) is 0. The fourth-order valence-electron chi connectivity index (χ4n) is 3.66. The van der Waals surface area contributed by atoms with Crippen molar-refractivity contribution in [2.24, 2.45) is 0 Å². The van der Waals surface area contributed by atoms with Gasteiger partial charge < -0.3 is 4.90 Å². The van der Waals surface area contributed by atoms with Crippen molar-refractivity contribution in [2.75, 3.05) is 20.1 Å². The quantitative estimate of drug-likeness (QED) is 0.664. The van der Waals surface area contributed by atoms with Gasteiger partial charge in [0.15, 0.2) is 0 Å². The van der Waals surface area contributed by atoms with Gasteiger partial charge in [0.05, 0.1) is 5.38 Å². The van der Waals surface area contributed by atoms with E-state index in [1.54, 1.807) is 0 Å². The van der Waals surface area contributed by atoms with Crippen LogP contribution in [0.5, 0.6) is 0 Å². The average molecular weight is 255 g/mol. The summed E-state index contributed by atoms with van der Waals surface area (Å²) >= 11 is 6.72.